The van der Waals surface area contributed by atoms with Crippen molar-refractivity contribution in [1.29, 1.82) is 0 Å². The van der Waals surface area contributed by atoms with Gasteiger partial charge in [-0.1, -0.05) is 237 Å². The number of para-hydroxylation sites is 3. The van der Waals surface area contributed by atoms with Crippen molar-refractivity contribution in [3.8, 4) is 22.3 Å². The Morgan fingerprint density at radius 3 is 1.45 bits per heavy atom. The number of nitrogens with zero attached hydrogens (tertiary/aromatic N) is 4. The molecule has 12 rings (SSSR count). The van der Waals surface area contributed by atoms with E-state index in [9.17, 15) is 0 Å². The first-order valence-electron chi connectivity index (χ1n) is 31.0. The molecule has 4 heteroatoms. The van der Waals surface area contributed by atoms with Crippen LogP contribution in [0.4, 0.5) is 45.5 Å². The molecule has 0 amide bonds. The molecular weight excluding hydrogens is 1080 g/mol. The highest BCUT2D eigenvalue weighted by Gasteiger charge is 2.22. The molecule has 0 radical (unpaired) electrons. The van der Waals surface area contributed by atoms with Crippen molar-refractivity contribution in [3.05, 3.63) is 386 Å². The molecule has 0 N–H and O–H groups in total. The van der Waals surface area contributed by atoms with E-state index >= 15 is 0 Å². The van der Waals surface area contributed by atoms with Gasteiger partial charge in [-0.25, -0.2) is 0 Å². The second-order valence-corrected chi connectivity index (χ2v) is 22.3. The van der Waals surface area contributed by atoms with Gasteiger partial charge in [-0.05, 0) is 205 Å². The summed E-state index contributed by atoms with van der Waals surface area (Å²) in [5.74, 6) is 0. The van der Waals surface area contributed by atoms with Gasteiger partial charge in [0.25, 0.3) is 0 Å². The first kappa shape index (κ1) is 58.4. The quantitative estimate of drug-likeness (QED) is 0.0665. The molecule has 0 saturated heterocycles. The number of rotatable bonds is 21. The number of benzene rings is 10. The van der Waals surface area contributed by atoms with Gasteiger partial charge < -0.3 is 19.6 Å². The summed E-state index contributed by atoms with van der Waals surface area (Å²) in [6.07, 6.45) is 30.5. The normalized spacial score (nSPS) is 14.1. The lowest BCUT2D eigenvalue weighted by atomic mass is 9.95. The van der Waals surface area contributed by atoms with E-state index in [1.165, 1.54) is 50.3 Å². The lowest BCUT2D eigenvalue weighted by Crippen LogP contribution is -2.30. The molecule has 10 aromatic rings. The third kappa shape index (κ3) is 14.0. The highest BCUT2D eigenvalue weighted by Crippen LogP contribution is 2.39. The molecule has 0 fully saturated rings. The number of anilines is 8. The van der Waals surface area contributed by atoms with Crippen LogP contribution < -0.4 is 19.6 Å². The zero-order valence-electron chi connectivity index (χ0n) is 50.8. The Balaban J connectivity index is 0.721. The van der Waals surface area contributed by atoms with Crippen molar-refractivity contribution < 1.29 is 0 Å². The Morgan fingerprint density at radius 1 is 0.449 bits per heavy atom. The minimum Gasteiger partial charge on any atom is -0.334 e. The fourth-order valence-electron chi connectivity index (χ4n) is 12.0. The first-order chi connectivity index (χ1) is 44.0. The Kier molecular flexibility index (Phi) is 18.7. The van der Waals surface area contributed by atoms with Crippen molar-refractivity contribution in [2.75, 3.05) is 19.6 Å². The molecule has 0 aliphatic heterocycles. The molecule has 0 aromatic heterocycles. The maximum atomic E-state index is 4.68. The van der Waals surface area contributed by atoms with Gasteiger partial charge in [0.1, 0.15) is 0 Å². The smallest absolute Gasteiger partial charge is 0.0560 e. The van der Waals surface area contributed by atoms with Crippen molar-refractivity contribution >= 4 is 56.6 Å². The lowest BCUT2D eigenvalue weighted by molar-refractivity contribution is 0.787. The highest BCUT2D eigenvalue weighted by molar-refractivity contribution is 5.82. The molecule has 434 valence electrons. The van der Waals surface area contributed by atoms with Crippen LogP contribution in [0, 0.1) is 0 Å². The number of hydrogen-bond acceptors (Lipinski definition) is 4. The topological polar surface area (TPSA) is 13.0 Å². The summed E-state index contributed by atoms with van der Waals surface area (Å²) in [6, 6.07) is 98.0. The van der Waals surface area contributed by atoms with Gasteiger partial charge in [0, 0.05) is 62.6 Å². The summed E-state index contributed by atoms with van der Waals surface area (Å²) < 4.78 is 0. The van der Waals surface area contributed by atoms with E-state index in [1.807, 2.05) is 0 Å². The Bertz CT molecular complexity index is 4210. The molecular formula is C85H74N4. The molecule has 0 spiro atoms. The third-order valence-corrected chi connectivity index (χ3v) is 16.6. The van der Waals surface area contributed by atoms with Crippen LogP contribution in [-0.2, 0) is 6.42 Å². The van der Waals surface area contributed by atoms with Crippen molar-refractivity contribution in [3.63, 3.8) is 0 Å². The monoisotopic (exact) mass is 1150 g/mol. The van der Waals surface area contributed by atoms with Crippen LogP contribution in [0.25, 0.3) is 33.4 Å². The maximum Gasteiger partial charge on any atom is 0.0560 e. The summed E-state index contributed by atoms with van der Waals surface area (Å²) in [6.45, 7) is 8.90. The fourth-order valence-corrected chi connectivity index (χ4v) is 12.0. The summed E-state index contributed by atoms with van der Waals surface area (Å²) in [5.41, 5.74) is 22.9. The van der Waals surface area contributed by atoms with Gasteiger partial charge in [0.15, 0.2) is 0 Å². The zero-order chi connectivity index (χ0) is 60.6. The summed E-state index contributed by atoms with van der Waals surface area (Å²) in [4.78, 5) is 9.41. The lowest BCUT2D eigenvalue weighted by Gasteiger charge is -2.33. The Labute approximate surface area is 527 Å². The van der Waals surface area contributed by atoms with Crippen molar-refractivity contribution in [2.24, 2.45) is 0 Å². The average molecular weight is 1150 g/mol. The second kappa shape index (κ2) is 28.5. The van der Waals surface area contributed by atoms with Crippen LogP contribution in [0.1, 0.15) is 49.8 Å². The van der Waals surface area contributed by atoms with E-state index in [-0.39, 0.29) is 6.04 Å². The van der Waals surface area contributed by atoms with E-state index in [1.54, 1.807) is 0 Å². The van der Waals surface area contributed by atoms with E-state index in [4.69, 9.17) is 0 Å². The zero-order valence-corrected chi connectivity index (χ0v) is 50.8. The van der Waals surface area contributed by atoms with Gasteiger partial charge in [-0.3, -0.25) is 0 Å². The van der Waals surface area contributed by atoms with Crippen LogP contribution in [-0.4, -0.2) is 6.04 Å². The maximum absolute atomic E-state index is 4.68. The fraction of sp³-hybridized carbons (Fsp3) is 0.0824. The summed E-state index contributed by atoms with van der Waals surface area (Å²) in [7, 11) is 0. The summed E-state index contributed by atoms with van der Waals surface area (Å²) in [5, 5.41) is 0. The van der Waals surface area contributed by atoms with Gasteiger partial charge in [-0.2, -0.15) is 0 Å². The molecule has 2 aliphatic rings. The average Bonchev–Trinajstić information content (AvgIpc) is 2.42. The molecule has 0 saturated carbocycles. The third-order valence-electron chi connectivity index (χ3n) is 16.6. The van der Waals surface area contributed by atoms with Crippen LogP contribution >= 0.6 is 0 Å². The predicted molar refractivity (Wildman–Crippen MR) is 381 cm³/mol. The van der Waals surface area contributed by atoms with Gasteiger partial charge in [-0.15, -0.1) is 0 Å². The standard InChI is InChI=1S/C85H74N4/c1-4-67(70-43-55-82(56-44-70)88(78-34-20-10-21-35-78)83-59-45-71(46-60-83)68-26-12-6-13-27-68)42-39-65(3)86(76-30-16-8-17-31-76)80-53-40-66(41-54-80)25-24-38-75(5-2)87(77-32-18-9-19-33-77)81-57-49-73(50-58-81)74-51-63-85(64-52-74)89(79-36-22-11-23-37-79)84-61-47-72(48-62-84)69-28-14-7-15-29-69/h4-16,18-24,26-30,32-61,63-64,84H,3,17,25,31,62H2,1-2H3/b38-24-,42-39-,67-4+,75-5+/t84-/m0/s1. The van der Waals surface area contributed by atoms with Crippen LogP contribution in [0.2, 0.25) is 0 Å². The predicted octanol–water partition coefficient (Wildman–Crippen LogP) is 23.1. The molecule has 1 atom stereocenters. The highest BCUT2D eigenvalue weighted by atomic mass is 15.2. The van der Waals surface area contributed by atoms with E-state index < -0.39 is 0 Å². The Hall–Kier alpha value is -10.9. The minimum atomic E-state index is 0.193. The first-order valence-corrected chi connectivity index (χ1v) is 31.0. The van der Waals surface area contributed by atoms with Crippen molar-refractivity contribution in [1.82, 2.24) is 0 Å². The van der Waals surface area contributed by atoms with Crippen LogP contribution in [0.15, 0.2) is 370 Å². The minimum absolute atomic E-state index is 0.193. The summed E-state index contributed by atoms with van der Waals surface area (Å²) >= 11 is 0. The molecule has 0 heterocycles. The van der Waals surface area contributed by atoms with Crippen LogP contribution in [0.5, 0.6) is 0 Å². The number of allylic oxidation sites excluding steroid dienone is 13. The molecule has 4 nitrogen and oxygen atoms in total. The Morgan fingerprint density at radius 2 is 0.910 bits per heavy atom. The SMILES string of the molecule is C=C(/C=C\C(=C/C)c1ccc(N(c2ccccc2)c2ccc(-c3ccccc3)cc2)cc1)N(C1=CC=CCC1)c1ccc(C/C=C\C(=C/C)N(c2ccccc2)c2ccc(-c3ccc(N(c4ccccc4)[C@H]4C=CC(c5ccccc5)=CC4)cc3)cc2)cc1. The van der Waals surface area contributed by atoms with E-state index in [0.717, 1.165) is 88.0 Å². The van der Waals surface area contributed by atoms with E-state index in [0.29, 0.717) is 0 Å². The van der Waals surface area contributed by atoms with Crippen molar-refractivity contribution in [2.45, 2.75) is 45.6 Å². The number of hydrogen-bond donors (Lipinski definition) is 0. The van der Waals surface area contributed by atoms with Crippen LogP contribution in [0.3, 0.4) is 0 Å². The van der Waals surface area contributed by atoms with Gasteiger partial charge in [0.2, 0.25) is 0 Å². The van der Waals surface area contributed by atoms with Gasteiger partial charge in [0.05, 0.1) is 6.04 Å². The molecule has 2 aliphatic carbocycles. The van der Waals surface area contributed by atoms with E-state index in [2.05, 4.69) is 386 Å². The molecule has 0 bridgehead atoms. The molecule has 89 heavy (non-hydrogen) atoms. The van der Waals surface area contributed by atoms with Gasteiger partial charge >= 0.3 is 0 Å². The second-order valence-electron chi connectivity index (χ2n) is 22.3. The largest absolute Gasteiger partial charge is 0.334 e. The molecule has 10 aromatic carbocycles. The molecule has 0 unspecified atom stereocenters.